The first-order valence-electron chi connectivity index (χ1n) is 12.5. The van der Waals surface area contributed by atoms with Gasteiger partial charge >= 0.3 is 12.2 Å². The van der Waals surface area contributed by atoms with Crippen molar-refractivity contribution in [2.24, 2.45) is 11.8 Å². The fourth-order valence-electron chi connectivity index (χ4n) is 4.96. The van der Waals surface area contributed by atoms with E-state index in [1.807, 2.05) is 30.3 Å². The summed E-state index contributed by atoms with van der Waals surface area (Å²) in [5, 5.41) is 0. The Hall–Kier alpha value is -3.01. The number of benzene rings is 2. The molecule has 0 saturated carbocycles. The highest BCUT2D eigenvalue weighted by Crippen LogP contribution is 2.41. The van der Waals surface area contributed by atoms with E-state index >= 15 is 8.78 Å². The van der Waals surface area contributed by atoms with Crippen LogP contribution >= 0.6 is 15.9 Å². The molecule has 0 aliphatic carbocycles. The monoisotopic (exact) mass is 592 g/mol. The molecule has 0 bridgehead atoms. The maximum atomic E-state index is 15.5. The summed E-state index contributed by atoms with van der Waals surface area (Å²) in [7, 11) is 0. The van der Waals surface area contributed by atoms with Crippen molar-refractivity contribution in [1.29, 1.82) is 0 Å². The summed E-state index contributed by atoms with van der Waals surface area (Å²) in [4.78, 5) is 41.3. The summed E-state index contributed by atoms with van der Waals surface area (Å²) in [5.74, 6) is -6.91. The van der Waals surface area contributed by atoms with Crippen LogP contribution in [-0.4, -0.2) is 65.2 Å². The van der Waals surface area contributed by atoms with Crippen molar-refractivity contribution in [2.45, 2.75) is 51.2 Å². The van der Waals surface area contributed by atoms with Crippen LogP contribution < -0.4 is 0 Å². The lowest BCUT2D eigenvalue weighted by molar-refractivity contribution is -0.140. The van der Waals surface area contributed by atoms with Crippen LogP contribution in [-0.2, 0) is 27.1 Å². The topological polar surface area (TPSA) is 76.2 Å². The van der Waals surface area contributed by atoms with Gasteiger partial charge in [0.25, 0.3) is 5.92 Å². The van der Waals surface area contributed by atoms with E-state index < -0.39 is 54.0 Å². The first kappa shape index (κ1) is 28.0. The number of likely N-dealkylation sites (tertiary alicyclic amines) is 1. The van der Waals surface area contributed by atoms with Gasteiger partial charge < -0.3 is 14.4 Å². The van der Waals surface area contributed by atoms with E-state index in [4.69, 9.17) is 9.47 Å². The molecule has 2 aliphatic heterocycles. The second kappa shape index (κ2) is 11.0. The number of cyclic esters (lactones) is 1. The van der Waals surface area contributed by atoms with Crippen LogP contribution in [0.25, 0.3) is 0 Å². The van der Waals surface area contributed by atoms with Crippen LogP contribution in [0.2, 0.25) is 0 Å². The Morgan fingerprint density at radius 3 is 2.47 bits per heavy atom. The van der Waals surface area contributed by atoms with Crippen LogP contribution in [0.4, 0.5) is 18.4 Å². The van der Waals surface area contributed by atoms with Gasteiger partial charge in [0.15, 0.2) is 0 Å². The van der Waals surface area contributed by atoms with Gasteiger partial charge in [0.1, 0.15) is 12.2 Å². The fourth-order valence-corrected chi connectivity index (χ4v) is 5.41. The molecule has 2 aromatic rings. The number of ether oxygens (including phenoxy) is 2. The van der Waals surface area contributed by atoms with Crippen LogP contribution in [0.1, 0.15) is 31.9 Å². The van der Waals surface area contributed by atoms with E-state index in [1.54, 1.807) is 45.0 Å². The molecule has 2 aromatic carbocycles. The van der Waals surface area contributed by atoms with Gasteiger partial charge in [0, 0.05) is 11.0 Å². The Morgan fingerprint density at radius 1 is 1.13 bits per heavy atom. The zero-order valence-corrected chi connectivity index (χ0v) is 23.1. The van der Waals surface area contributed by atoms with Gasteiger partial charge in [-0.2, -0.15) is 0 Å². The second-order valence-corrected chi connectivity index (χ2v) is 11.7. The maximum Gasteiger partial charge on any atom is 0.416 e. The zero-order chi connectivity index (χ0) is 27.7. The number of imide groups is 1. The van der Waals surface area contributed by atoms with Crippen LogP contribution in [0.5, 0.6) is 0 Å². The molecule has 4 rings (SSSR count). The molecule has 0 spiro atoms. The van der Waals surface area contributed by atoms with Crippen molar-refractivity contribution >= 4 is 34.0 Å². The van der Waals surface area contributed by atoms with Gasteiger partial charge in [-0.25, -0.2) is 23.3 Å². The summed E-state index contributed by atoms with van der Waals surface area (Å²) in [6, 6.07) is 15.7. The highest BCUT2D eigenvalue weighted by atomic mass is 79.9. The molecule has 2 fully saturated rings. The molecule has 10 heteroatoms. The first-order chi connectivity index (χ1) is 17.8. The van der Waals surface area contributed by atoms with Gasteiger partial charge in [-0.3, -0.25) is 4.79 Å². The molecular weight excluding hydrogens is 562 g/mol. The number of nitrogens with zero attached hydrogens (tertiary/aromatic N) is 2. The summed E-state index contributed by atoms with van der Waals surface area (Å²) in [6.45, 7) is 3.70. The van der Waals surface area contributed by atoms with Gasteiger partial charge in [-0.05, 0) is 56.9 Å². The normalized spacial score (nSPS) is 21.8. The van der Waals surface area contributed by atoms with Gasteiger partial charge in [0.05, 0.1) is 24.4 Å². The highest BCUT2D eigenvalue weighted by molar-refractivity contribution is 9.10. The Labute approximate surface area is 229 Å². The summed E-state index contributed by atoms with van der Waals surface area (Å²) in [5.41, 5.74) is 0.677. The first-order valence-corrected chi connectivity index (χ1v) is 13.3. The molecule has 3 atom stereocenters. The molecule has 204 valence electrons. The van der Waals surface area contributed by atoms with Gasteiger partial charge in [-0.1, -0.05) is 58.4 Å². The minimum atomic E-state index is -3.37. The van der Waals surface area contributed by atoms with Crippen molar-refractivity contribution in [3.63, 3.8) is 0 Å². The number of rotatable bonds is 6. The van der Waals surface area contributed by atoms with Gasteiger partial charge in [0.2, 0.25) is 5.91 Å². The van der Waals surface area contributed by atoms with E-state index in [1.165, 1.54) is 0 Å². The average molecular weight is 593 g/mol. The van der Waals surface area contributed by atoms with Crippen molar-refractivity contribution < 1.29 is 32.6 Å². The quantitative estimate of drug-likeness (QED) is 0.430. The lowest BCUT2D eigenvalue weighted by Gasteiger charge is -2.31. The molecule has 2 aliphatic rings. The van der Waals surface area contributed by atoms with Crippen molar-refractivity contribution in [3.8, 4) is 0 Å². The lowest BCUT2D eigenvalue weighted by Crippen LogP contribution is -2.49. The summed E-state index contributed by atoms with van der Waals surface area (Å²) >= 11 is 3.39. The molecule has 2 saturated heterocycles. The zero-order valence-electron chi connectivity index (χ0n) is 21.5. The summed E-state index contributed by atoms with van der Waals surface area (Å²) in [6.07, 6.45) is -1.41. The predicted molar refractivity (Wildman–Crippen MR) is 140 cm³/mol. The van der Waals surface area contributed by atoms with Crippen LogP contribution in [0.15, 0.2) is 59.1 Å². The Morgan fingerprint density at radius 2 is 1.82 bits per heavy atom. The minimum Gasteiger partial charge on any atom is -0.447 e. The van der Waals surface area contributed by atoms with Crippen molar-refractivity contribution in [1.82, 2.24) is 9.80 Å². The second-order valence-electron chi connectivity index (χ2n) is 10.8. The van der Waals surface area contributed by atoms with E-state index in [2.05, 4.69) is 15.9 Å². The number of alkyl halides is 2. The van der Waals surface area contributed by atoms with E-state index in [-0.39, 0.29) is 19.6 Å². The average Bonchev–Trinajstić information content (AvgIpc) is 3.35. The number of hydrogen-bond acceptors (Lipinski definition) is 5. The molecule has 2 heterocycles. The van der Waals surface area contributed by atoms with E-state index in [0.29, 0.717) is 12.0 Å². The molecule has 0 radical (unpaired) electrons. The maximum absolute atomic E-state index is 15.5. The van der Waals surface area contributed by atoms with E-state index in [0.717, 1.165) is 19.8 Å². The molecule has 0 N–H and O–H groups in total. The number of amides is 3. The van der Waals surface area contributed by atoms with Crippen molar-refractivity contribution in [2.75, 3.05) is 19.7 Å². The Kier molecular flexibility index (Phi) is 8.11. The summed E-state index contributed by atoms with van der Waals surface area (Å²) < 4.78 is 42.3. The Bertz CT molecular complexity index is 1190. The third-order valence-corrected chi connectivity index (χ3v) is 7.17. The fraction of sp³-hybridized carbons (Fsp3) is 0.464. The molecule has 7 nitrogen and oxygen atoms in total. The SMILES string of the molecule is CC(C)(C)OC(=O)N1CC([C@H](Cc2cccc(Br)c2)C(=O)N2C(=O)OC[C@@H]2Cc2ccccc2)C(F)(F)C1. The molecular formula is C28H31BrF2N2O5. The van der Waals surface area contributed by atoms with E-state index in [9.17, 15) is 14.4 Å². The molecule has 0 aromatic heterocycles. The lowest BCUT2D eigenvalue weighted by atomic mass is 9.82. The molecule has 3 amide bonds. The number of carbonyl (C=O) groups excluding carboxylic acids is 3. The number of halogens is 3. The predicted octanol–water partition coefficient (Wildman–Crippen LogP) is 5.70. The third-order valence-electron chi connectivity index (χ3n) is 6.67. The van der Waals surface area contributed by atoms with Gasteiger partial charge in [-0.15, -0.1) is 0 Å². The van der Waals surface area contributed by atoms with Crippen LogP contribution in [0.3, 0.4) is 0 Å². The number of hydrogen-bond donors (Lipinski definition) is 0. The Balaban J connectivity index is 1.65. The third kappa shape index (κ3) is 6.51. The largest absolute Gasteiger partial charge is 0.447 e. The highest BCUT2D eigenvalue weighted by Gasteiger charge is 2.56. The molecule has 1 unspecified atom stereocenters. The number of carbonyl (C=O) groups is 3. The standard InChI is InChI=1S/C28H31BrF2N2O5/c1-27(2,3)38-25(35)32-15-23(28(30,31)17-32)22(14-19-10-7-11-20(29)12-19)24(34)33-21(16-37-26(33)36)13-18-8-5-4-6-9-18/h4-12,21-23H,13-17H2,1-3H3/t21-,22-,23?/m0/s1. The smallest absolute Gasteiger partial charge is 0.416 e. The minimum absolute atomic E-state index is 0.0197. The van der Waals surface area contributed by atoms with Crippen molar-refractivity contribution in [3.05, 3.63) is 70.2 Å². The molecule has 38 heavy (non-hydrogen) atoms. The van der Waals surface area contributed by atoms with Crippen LogP contribution in [0, 0.1) is 11.8 Å².